The molecular formula is C18H20N4O2. The second-order valence-corrected chi connectivity index (χ2v) is 6.43. The molecule has 1 fully saturated rings. The van der Waals surface area contributed by atoms with Gasteiger partial charge in [-0.15, -0.1) is 5.10 Å². The van der Waals surface area contributed by atoms with Crippen LogP contribution < -0.4 is 0 Å². The first-order valence-electron chi connectivity index (χ1n) is 8.36. The maximum atomic E-state index is 5.57. The van der Waals surface area contributed by atoms with Crippen molar-refractivity contribution in [1.29, 1.82) is 0 Å². The summed E-state index contributed by atoms with van der Waals surface area (Å²) < 4.78 is 10.9. The van der Waals surface area contributed by atoms with Gasteiger partial charge in [0.15, 0.2) is 11.5 Å². The Morgan fingerprint density at radius 1 is 1.21 bits per heavy atom. The number of rotatable bonds is 5. The van der Waals surface area contributed by atoms with Gasteiger partial charge in [-0.05, 0) is 19.3 Å². The molecular weight excluding hydrogens is 304 g/mol. The SMILES string of the molecule is COCCC1(c2noc(-c3nncc4ccccc34)n2)CCCC1. The molecule has 2 aromatic heterocycles. The first-order valence-corrected chi connectivity index (χ1v) is 8.36. The molecule has 6 nitrogen and oxygen atoms in total. The van der Waals surface area contributed by atoms with Crippen LogP contribution in [0.2, 0.25) is 0 Å². The highest BCUT2D eigenvalue weighted by molar-refractivity contribution is 5.91. The number of fused-ring (bicyclic) bond motifs is 1. The van der Waals surface area contributed by atoms with E-state index in [9.17, 15) is 0 Å². The maximum Gasteiger partial charge on any atom is 0.279 e. The smallest absolute Gasteiger partial charge is 0.279 e. The standard InChI is InChI=1S/C18H20N4O2/c1-23-11-10-18(8-4-5-9-18)17-20-16(24-22-17)15-14-7-3-2-6-13(14)12-19-21-15/h2-3,6-7,12H,4-5,8-11H2,1H3. The highest BCUT2D eigenvalue weighted by Crippen LogP contribution is 2.43. The molecule has 1 aliphatic rings. The molecule has 24 heavy (non-hydrogen) atoms. The number of aromatic nitrogens is 4. The lowest BCUT2D eigenvalue weighted by Gasteiger charge is -2.24. The molecule has 0 spiro atoms. The summed E-state index contributed by atoms with van der Waals surface area (Å²) in [5, 5.41) is 14.6. The van der Waals surface area contributed by atoms with Gasteiger partial charge in [-0.1, -0.05) is 42.3 Å². The monoisotopic (exact) mass is 324 g/mol. The van der Waals surface area contributed by atoms with E-state index in [2.05, 4.69) is 15.4 Å². The molecule has 0 saturated heterocycles. The molecule has 0 unspecified atom stereocenters. The van der Waals surface area contributed by atoms with Crippen LogP contribution in [0.3, 0.4) is 0 Å². The molecule has 0 amide bonds. The van der Waals surface area contributed by atoms with Crippen LogP contribution in [0.15, 0.2) is 35.0 Å². The van der Waals surface area contributed by atoms with Crippen molar-refractivity contribution < 1.29 is 9.26 Å². The van der Waals surface area contributed by atoms with Crippen molar-refractivity contribution >= 4 is 10.8 Å². The first kappa shape index (κ1) is 15.2. The van der Waals surface area contributed by atoms with Crippen LogP contribution in [0, 0.1) is 0 Å². The van der Waals surface area contributed by atoms with Crippen molar-refractivity contribution in [2.75, 3.05) is 13.7 Å². The summed E-state index contributed by atoms with van der Waals surface area (Å²) in [7, 11) is 1.73. The van der Waals surface area contributed by atoms with E-state index in [-0.39, 0.29) is 5.41 Å². The molecule has 1 saturated carbocycles. The highest BCUT2D eigenvalue weighted by atomic mass is 16.5. The minimum Gasteiger partial charge on any atom is -0.385 e. The Morgan fingerprint density at radius 2 is 2.04 bits per heavy atom. The molecule has 1 aromatic carbocycles. The van der Waals surface area contributed by atoms with Crippen LogP contribution in [0.1, 0.15) is 37.9 Å². The second kappa shape index (κ2) is 6.28. The van der Waals surface area contributed by atoms with Crippen molar-refractivity contribution in [2.24, 2.45) is 0 Å². The van der Waals surface area contributed by atoms with E-state index in [0.29, 0.717) is 18.2 Å². The van der Waals surface area contributed by atoms with E-state index in [1.54, 1.807) is 13.3 Å². The molecule has 0 N–H and O–H groups in total. The third kappa shape index (κ3) is 2.57. The Kier molecular flexibility index (Phi) is 3.98. The molecule has 6 heteroatoms. The molecule has 1 aliphatic carbocycles. The fraction of sp³-hybridized carbons (Fsp3) is 0.444. The third-order valence-corrected chi connectivity index (χ3v) is 5.02. The van der Waals surface area contributed by atoms with Crippen molar-refractivity contribution in [3.05, 3.63) is 36.3 Å². The van der Waals surface area contributed by atoms with Gasteiger partial charge in [0.25, 0.3) is 5.89 Å². The zero-order valence-electron chi connectivity index (χ0n) is 13.7. The Hall–Kier alpha value is -2.34. The fourth-order valence-corrected chi connectivity index (χ4v) is 3.66. The van der Waals surface area contributed by atoms with E-state index in [1.807, 2.05) is 24.3 Å². The van der Waals surface area contributed by atoms with E-state index >= 15 is 0 Å². The largest absolute Gasteiger partial charge is 0.385 e. The third-order valence-electron chi connectivity index (χ3n) is 5.02. The zero-order valence-corrected chi connectivity index (χ0v) is 13.7. The second-order valence-electron chi connectivity index (χ2n) is 6.43. The average Bonchev–Trinajstić information content (AvgIpc) is 3.30. The van der Waals surface area contributed by atoms with Crippen LogP contribution in [-0.4, -0.2) is 34.1 Å². The van der Waals surface area contributed by atoms with Gasteiger partial charge in [-0.2, -0.15) is 10.1 Å². The number of hydrogen-bond acceptors (Lipinski definition) is 6. The van der Waals surface area contributed by atoms with Gasteiger partial charge < -0.3 is 9.26 Å². The van der Waals surface area contributed by atoms with Crippen LogP contribution in [0.4, 0.5) is 0 Å². The van der Waals surface area contributed by atoms with Crippen molar-refractivity contribution in [1.82, 2.24) is 20.3 Å². The summed E-state index contributed by atoms with van der Waals surface area (Å²) in [6.45, 7) is 0.706. The van der Waals surface area contributed by atoms with Crippen LogP contribution in [-0.2, 0) is 10.2 Å². The Bertz CT molecular complexity index is 834. The summed E-state index contributed by atoms with van der Waals surface area (Å²) in [6, 6.07) is 7.95. The maximum absolute atomic E-state index is 5.57. The molecule has 2 heterocycles. The van der Waals surface area contributed by atoms with Crippen LogP contribution >= 0.6 is 0 Å². The molecule has 0 radical (unpaired) electrons. The lowest BCUT2D eigenvalue weighted by Crippen LogP contribution is -2.25. The minimum absolute atomic E-state index is 0.0320. The van der Waals surface area contributed by atoms with Gasteiger partial charge in [0.1, 0.15) is 0 Å². The fourth-order valence-electron chi connectivity index (χ4n) is 3.66. The molecule has 4 rings (SSSR count). The van der Waals surface area contributed by atoms with Gasteiger partial charge in [0.2, 0.25) is 0 Å². The zero-order chi connectivity index (χ0) is 16.4. The Labute approximate surface area is 140 Å². The summed E-state index contributed by atoms with van der Waals surface area (Å²) in [5.74, 6) is 1.22. The van der Waals surface area contributed by atoms with Crippen molar-refractivity contribution in [3.8, 4) is 11.6 Å². The van der Waals surface area contributed by atoms with Crippen molar-refractivity contribution in [2.45, 2.75) is 37.5 Å². The summed E-state index contributed by atoms with van der Waals surface area (Å²) in [4.78, 5) is 4.70. The average molecular weight is 324 g/mol. The predicted octanol–water partition coefficient (Wildman–Crippen LogP) is 3.53. The Morgan fingerprint density at radius 3 is 2.88 bits per heavy atom. The van der Waals surface area contributed by atoms with E-state index in [0.717, 1.165) is 35.9 Å². The van der Waals surface area contributed by atoms with Crippen LogP contribution in [0.25, 0.3) is 22.4 Å². The van der Waals surface area contributed by atoms with Crippen LogP contribution in [0.5, 0.6) is 0 Å². The van der Waals surface area contributed by atoms with Crippen molar-refractivity contribution in [3.63, 3.8) is 0 Å². The summed E-state index contributed by atoms with van der Waals surface area (Å²) >= 11 is 0. The highest BCUT2D eigenvalue weighted by Gasteiger charge is 2.39. The molecule has 0 atom stereocenters. The number of methoxy groups -OCH3 is 1. The number of nitrogens with zero attached hydrogens (tertiary/aromatic N) is 4. The van der Waals surface area contributed by atoms with E-state index < -0.39 is 0 Å². The van der Waals surface area contributed by atoms with Gasteiger partial charge >= 0.3 is 0 Å². The molecule has 0 bridgehead atoms. The normalized spacial score (nSPS) is 16.7. The predicted molar refractivity (Wildman–Crippen MR) is 89.5 cm³/mol. The van der Waals surface area contributed by atoms with Gasteiger partial charge in [0, 0.05) is 29.9 Å². The summed E-state index contributed by atoms with van der Waals surface area (Å²) in [6.07, 6.45) is 7.22. The summed E-state index contributed by atoms with van der Waals surface area (Å²) in [5.41, 5.74) is 0.613. The van der Waals surface area contributed by atoms with Gasteiger partial charge in [0.05, 0.1) is 6.20 Å². The van der Waals surface area contributed by atoms with E-state index in [1.165, 1.54) is 12.8 Å². The number of hydrogen-bond donors (Lipinski definition) is 0. The lowest BCUT2D eigenvalue weighted by molar-refractivity contribution is 0.163. The van der Waals surface area contributed by atoms with E-state index in [4.69, 9.17) is 14.2 Å². The molecule has 0 aliphatic heterocycles. The number of ether oxygens (including phenoxy) is 1. The quantitative estimate of drug-likeness (QED) is 0.715. The molecule has 124 valence electrons. The van der Waals surface area contributed by atoms with Gasteiger partial charge in [-0.25, -0.2) is 0 Å². The number of benzene rings is 1. The molecule has 3 aromatic rings. The lowest BCUT2D eigenvalue weighted by atomic mass is 9.82. The minimum atomic E-state index is -0.0320. The first-order chi connectivity index (χ1) is 11.8. The Balaban J connectivity index is 1.74. The topological polar surface area (TPSA) is 73.9 Å². The van der Waals surface area contributed by atoms with Gasteiger partial charge in [-0.3, -0.25) is 0 Å².